The molecule has 0 bridgehead atoms. The Kier molecular flexibility index (Phi) is 3.26. The summed E-state index contributed by atoms with van der Waals surface area (Å²) < 4.78 is 12.8. The molecule has 0 radical (unpaired) electrons. The molecule has 1 aliphatic heterocycles. The number of benzene rings is 1. The van der Waals surface area contributed by atoms with Crippen LogP contribution in [0.5, 0.6) is 0 Å². The molecule has 16 heavy (non-hydrogen) atoms. The predicted molar refractivity (Wildman–Crippen MR) is 61.6 cm³/mol. The molecule has 2 unspecified atom stereocenters. The maximum Gasteiger partial charge on any atom is 0.123 e. The molecule has 0 aromatic heterocycles. The average molecular weight is 223 g/mol. The number of aliphatic hydroxyl groups is 1. The normalized spacial score (nSPS) is 25.1. The second-order valence-corrected chi connectivity index (χ2v) is 4.70. The molecule has 2 nitrogen and oxygen atoms in total. The van der Waals surface area contributed by atoms with Gasteiger partial charge in [0.1, 0.15) is 5.82 Å². The van der Waals surface area contributed by atoms with Crippen LogP contribution < -0.4 is 5.32 Å². The zero-order valence-electron chi connectivity index (χ0n) is 9.54. The van der Waals surface area contributed by atoms with Crippen molar-refractivity contribution in [2.45, 2.75) is 25.4 Å². The Morgan fingerprint density at radius 3 is 2.62 bits per heavy atom. The molecule has 2 N–H and O–H groups in total. The lowest BCUT2D eigenvalue weighted by molar-refractivity contribution is -0.0156. The van der Waals surface area contributed by atoms with Crippen LogP contribution in [0.15, 0.2) is 24.3 Å². The van der Waals surface area contributed by atoms with Crippen molar-refractivity contribution in [2.75, 3.05) is 13.1 Å². The van der Waals surface area contributed by atoms with Crippen molar-refractivity contribution in [3.63, 3.8) is 0 Å². The van der Waals surface area contributed by atoms with Crippen molar-refractivity contribution in [3.05, 3.63) is 35.6 Å². The molecule has 0 amide bonds. The molecule has 0 aliphatic carbocycles. The highest BCUT2D eigenvalue weighted by atomic mass is 19.1. The Balaban J connectivity index is 2.19. The highest BCUT2D eigenvalue weighted by molar-refractivity contribution is 5.23. The fraction of sp³-hybridized carbons (Fsp3) is 0.538. The van der Waals surface area contributed by atoms with E-state index in [9.17, 15) is 9.50 Å². The summed E-state index contributed by atoms with van der Waals surface area (Å²) >= 11 is 0. The third-order valence-electron chi connectivity index (χ3n) is 3.52. The van der Waals surface area contributed by atoms with E-state index in [4.69, 9.17) is 0 Å². The number of hydrogen-bond acceptors (Lipinski definition) is 2. The smallest absolute Gasteiger partial charge is 0.123 e. The van der Waals surface area contributed by atoms with E-state index in [1.165, 1.54) is 12.1 Å². The van der Waals surface area contributed by atoms with E-state index in [2.05, 4.69) is 5.32 Å². The monoisotopic (exact) mass is 223 g/mol. The van der Waals surface area contributed by atoms with E-state index >= 15 is 0 Å². The molecular weight excluding hydrogens is 205 g/mol. The first kappa shape index (κ1) is 11.6. The summed E-state index contributed by atoms with van der Waals surface area (Å²) in [6.45, 7) is 3.66. The Labute approximate surface area is 95.5 Å². The summed E-state index contributed by atoms with van der Waals surface area (Å²) in [5.41, 5.74) is -0.0798. The van der Waals surface area contributed by atoms with Crippen LogP contribution in [0, 0.1) is 11.7 Å². The van der Waals surface area contributed by atoms with E-state index in [0.29, 0.717) is 0 Å². The molecule has 2 atom stereocenters. The molecule has 1 saturated heterocycles. The van der Waals surface area contributed by atoms with Gasteiger partial charge in [-0.25, -0.2) is 4.39 Å². The number of nitrogens with one attached hydrogen (secondary N) is 1. The molecule has 1 aliphatic rings. The van der Waals surface area contributed by atoms with E-state index in [1.807, 2.05) is 6.92 Å². The quantitative estimate of drug-likeness (QED) is 0.804. The summed E-state index contributed by atoms with van der Waals surface area (Å²) in [5.74, 6) is -0.0620. The van der Waals surface area contributed by atoms with Gasteiger partial charge in [-0.15, -0.1) is 0 Å². The first-order chi connectivity index (χ1) is 7.60. The van der Waals surface area contributed by atoms with Crippen molar-refractivity contribution in [3.8, 4) is 0 Å². The van der Waals surface area contributed by atoms with Gasteiger partial charge in [0.2, 0.25) is 0 Å². The van der Waals surface area contributed by atoms with Gasteiger partial charge < -0.3 is 10.4 Å². The number of piperidine rings is 1. The summed E-state index contributed by atoms with van der Waals surface area (Å²) in [7, 11) is 0. The van der Waals surface area contributed by atoms with Gasteiger partial charge in [-0.1, -0.05) is 12.1 Å². The minimum absolute atomic E-state index is 0.201. The molecule has 1 aromatic rings. The van der Waals surface area contributed by atoms with Crippen LogP contribution in [0.1, 0.15) is 25.3 Å². The van der Waals surface area contributed by atoms with Crippen LogP contribution in [0.3, 0.4) is 0 Å². The second-order valence-electron chi connectivity index (χ2n) is 4.70. The van der Waals surface area contributed by atoms with E-state index in [-0.39, 0.29) is 11.7 Å². The Morgan fingerprint density at radius 2 is 2.06 bits per heavy atom. The average Bonchev–Trinajstić information content (AvgIpc) is 2.31. The number of halogens is 1. The first-order valence-corrected chi connectivity index (χ1v) is 5.80. The van der Waals surface area contributed by atoms with Crippen molar-refractivity contribution in [1.82, 2.24) is 5.32 Å². The largest absolute Gasteiger partial charge is 0.385 e. The van der Waals surface area contributed by atoms with Gasteiger partial charge in [-0.05, 0) is 44.0 Å². The highest BCUT2D eigenvalue weighted by Gasteiger charge is 2.34. The standard InChI is InChI=1S/C13H18FNO/c1-13(16,11-3-2-8-15-9-11)10-4-6-12(14)7-5-10/h4-7,11,15-16H,2-3,8-9H2,1H3. The minimum Gasteiger partial charge on any atom is -0.385 e. The topological polar surface area (TPSA) is 32.3 Å². The van der Waals surface area contributed by atoms with Gasteiger partial charge in [0.15, 0.2) is 0 Å². The summed E-state index contributed by atoms with van der Waals surface area (Å²) in [4.78, 5) is 0. The van der Waals surface area contributed by atoms with Gasteiger partial charge in [0.25, 0.3) is 0 Å². The Morgan fingerprint density at radius 1 is 1.38 bits per heavy atom. The van der Waals surface area contributed by atoms with Gasteiger partial charge in [0.05, 0.1) is 5.60 Å². The zero-order valence-corrected chi connectivity index (χ0v) is 9.54. The van der Waals surface area contributed by atoms with E-state index < -0.39 is 5.60 Å². The zero-order chi connectivity index (χ0) is 11.6. The SMILES string of the molecule is CC(O)(c1ccc(F)cc1)C1CCCNC1. The van der Waals surface area contributed by atoms with Crippen molar-refractivity contribution >= 4 is 0 Å². The predicted octanol–water partition coefficient (Wildman–Crippen LogP) is 2.03. The van der Waals surface area contributed by atoms with Crippen LogP contribution in [0.25, 0.3) is 0 Å². The summed E-state index contributed by atoms with van der Waals surface area (Å²) in [6.07, 6.45) is 2.10. The van der Waals surface area contributed by atoms with Gasteiger partial charge >= 0.3 is 0 Å². The molecule has 88 valence electrons. The van der Waals surface area contributed by atoms with Crippen LogP contribution in [-0.2, 0) is 5.60 Å². The molecule has 2 rings (SSSR count). The maximum absolute atomic E-state index is 12.8. The van der Waals surface area contributed by atoms with Crippen molar-refractivity contribution < 1.29 is 9.50 Å². The molecule has 3 heteroatoms. The van der Waals surface area contributed by atoms with Gasteiger partial charge in [0, 0.05) is 12.5 Å². The lowest BCUT2D eigenvalue weighted by atomic mass is 9.79. The summed E-state index contributed by atoms with van der Waals surface area (Å²) in [6, 6.07) is 6.15. The van der Waals surface area contributed by atoms with Gasteiger partial charge in [-0.2, -0.15) is 0 Å². The lowest BCUT2D eigenvalue weighted by Gasteiger charge is -2.36. The highest BCUT2D eigenvalue weighted by Crippen LogP contribution is 2.33. The third kappa shape index (κ3) is 2.25. The molecule has 0 saturated carbocycles. The Bertz CT molecular complexity index is 341. The molecular formula is C13H18FNO. The van der Waals surface area contributed by atoms with E-state index in [0.717, 1.165) is 31.5 Å². The third-order valence-corrected chi connectivity index (χ3v) is 3.52. The molecule has 1 aromatic carbocycles. The molecule has 0 spiro atoms. The Hall–Kier alpha value is -0.930. The van der Waals surface area contributed by atoms with E-state index in [1.54, 1.807) is 12.1 Å². The molecule has 1 heterocycles. The minimum atomic E-state index is -0.874. The van der Waals surface area contributed by atoms with Crippen LogP contribution in [-0.4, -0.2) is 18.2 Å². The first-order valence-electron chi connectivity index (χ1n) is 5.80. The van der Waals surface area contributed by atoms with Crippen LogP contribution in [0.2, 0.25) is 0 Å². The van der Waals surface area contributed by atoms with Crippen molar-refractivity contribution in [2.24, 2.45) is 5.92 Å². The number of hydrogen-bond donors (Lipinski definition) is 2. The fourth-order valence-electron chi connectivity index (χ4n) is 2.35. The van der Waals surface area contributed by atoms with Crippen molar-refractivity contribution in [1.29, 1.82) is 0 Å². The number of rotatable bonds is 2. The second kappa shape index (κ2) is 4.52. The van der Waals surface area contributed by atoms with Gasteiger partial charge in [-0.3, -0.25) is 0 Å². The molecule has 1 fully saturated rings. The fourth-order valence-corrected chi connectivity index (χ4v) is 2.35. The van der Waals surface area contributed by atoms with Crippen LogP contribution >= 0.6 is 0 Å². The maximum atomic E-state index is 12.8. The lowest BCUT2D eigenvalue weighted by Crippen LogP contribution is -2.42. The van der Waals surface area contributed by atoms with Crippen LogP contribution in [0.4, 0.5) is 4.39 Å². The summed E-state index contributed by atoms with van der Waals surface area (Å²) in [5, 5.41) is 13.8.